The molecule has 0 N–H and O–H groups in total. The summed E-state index contributed by atoms with van der Waals surface area (Å²) in [4.78, 5) is 12.2. The quantitative estimate of drug-likeness (QED) is 0.795. The average Bonchev–Trinajstić information content (AvgIpc) is 2.28. The molecule has 0 aliphatic heterocycles. The summed E-state index contributed by atoms with van der Waals surface area (Å²) in [6, 6.07) is 3.98. The molecule has 15 heavy (non-hydrogen) atoms. The molecule has 0 aliphatic rings. The molecule has 0 radical (unpaired) electrons. The van der Waals surface area contributed by atoms with Crippen molar-refractivity contribution in [1.82, 2.24) is 15.0 Å². The first-order valence-electron chi connectivity index (χ1n) is 4.70. The summed E-state index contributed by atoms with van der Waals surface area (Å²) in [6.07, 6.45) is 8.64. The zero-order valence-corrected chi connectivity index (χ0v) is 8.85. The SMILES string of the molecule is Clc1cncc(CCc2cccnc2)n1. The van der Waals surface area contributed by atoms with Gasteiger partial charge in [0.25, 0.3) is 0 Å². The minimum Gasteiger partial charge on any atom is -0.264 e. The molecule has 2 heterocycles. The number of hydrogen-bond donors (Lipinski definition) is 0. The van der Waals surface area contributed by atoms with Gasteiger partial charge in [-0.3, -0.25) is 9.97 Å². The first kappa shape index (κ1) is 10.1. The van der Waals surface area contributed by atoms with E-state index < -0.39 is 0 Å². The molecule has 0 unspecified atom stereocenters. The molecule has 0 bridgehead atoms. The molecule has 0 amide bonds. The smallest absolute Gasteiger partial charge is 0.147 e. The predicted octanol–water partition coefficient (Wildman–Crippen LogP) is 2.31. The Morgan fingerprint density at radius 2 is 2.00 bits per heavy atom. The third kappa shape index (κ3) is 2.99. The summed E-state index contributed by atoms with van der Waals surface area (Å²) in [6.45, 7) is 0. The van der Waals surface area contributed by atoms with Crippen LogP contribution in [0.4, 0.5) is 0 Å². The largest absolute Gasteiger partial charge is 0.264 e. The van der Waals surface area contributed by atoms with Gasteiger partial charge in [0.15, 0.2) is 0 Å². The third-order valence-electron chi connectivity index (χ3n) is 2.05. The van der Waals surface area contributed by atoms with Gasteiger partial charge in [-0.2, -0.15) is 0 Å². The summed E-state index contributed by atoms with van der Waals surface area (Å²) in [5.41, 5.74) is 2.10. The Balaban J connectivity index is 1.99. The molecule has 0 atom stereocenters. The molecule has 0 fully saturated rings. The van der Waals surface area contributed by atoms with Crippen molar-refractivity contribution in [3.05, 3.63) is 53.3 Å². The molecule has 2 aromatic rings. The van der Waals surface area contributed by atoms with Gasteiger partial charge in [-0.05, 0) is 24.5 Å². The van der Waals surface area contributed by atoms with E-state index in [1.807, 2.05) is 18.3 Å². The van der Waals surface area contributed by atoms with Gasteiger partial charge in [-0.25, -0.2) is 4.98 Å². The van der Waals surface area contributed by atoms with Crippen LogP contribution >= 0.6 is 11.6 Å². The average molecular weight is 220 g/mol. The van der Waals surface area contributed by atoms with Crippen molar-refractivity contribution in [3.8, 4) is 0 Å². The number of hydrogen-bond acceptors (Lipinski definition) is 3. The number of aryl methyl sites for hydroxylation is 2. The minimum absolute atomic E-state index is 0.443. The highest BCUT2D eigenvalue weighted by molar-refractivity contribution is 6.29. The van der Waals surface area contributed by atoms with Gasteiger partial charge in [0.05, 0.1) is 11.9 Å². The highest BCUT2D eigenvalue weighted by Crippen LogP contribution is 2.06. The monoisotopic (exact) mass is 219 g/mol. The van der Waals surface area contributed by atoms with Crippen molar-refractivity contribution >= 4 is 11.6 Å². The molecular formula is C11H10ClN3. The zero-order valence-electron chi connectivity index (χ0n) is 8.10. The Kier molecular flexibility index (Phi) is 3.25. The van der Waals surface area contributed by atoms with E-state index in [4.69, 9.17) is 11.6 Å². The normalized spacial score (nSPS) is 10.2. The minimum atomic E-state index is 0.443. The van der Waals surface area contributed by atoms with Crippen LogP contribution in [0, 0.1) is 0 Å². The fourth-order valence-electron chi connectivity index (χ4n) is 1.32. The Labute approximate surface area is 93.2 Å². The van der Waals surface area contributed by atoms with Crippen molar-refractivity contribution in [2.75, 3.05) is 0 Å². The Morgan fingerprint density at radius 1 is 1.07 bits per heavy atom. The summed E-state index contributed by atoms with van der Waals surface area (Å²) < 4.78 is 0. The zero-order chi connectivity index (χ0) is 10.5. The number of aromatic nitrogens is 3. The fourth-order valence-corrected chi connectivity index (χ4v) is 1.48. The van der Waals surface area contributed by atoms with E-state index in [0.29, 0.717) is 5.15 Å². The van der Waals surface area contributed by atoms with Crippen LogP contribution in [0.5, 0.6) is 0 Å². The van der Waals surface area contributed by atoms with Crippen LogP contribution in [0.25, 0.3) is 0 Å². The van der Waals surface area contributed by atoms with Crippen molar-refractivity contribution in [1.29, 1.82) is 0 Å². The van der Waals surface area contributed by atoms with E-state index in [0.717, 1.165) is 18.5 Å². The lowest BCUT2D eigenvalue weighted by molar-refractivity contribution is 0.893. The van der Waals surface area contributed by atoms with Crippen LogP contribution < -0.4 is 0 Å². The first-order valence-corrected chi connectivity index (χ1v) is 5.08. The Bertz CT molecular complexity index is 431. The lowest BCUT2D eigenvalue weighted by Crippen LogP contribution is -1.95. The lowest BCUT2D eigenvalue weighted by atomic mass is 10.1. The molecular weight excluding hydrogens is 210 g/mol. The summed E-state index contributed by atoms with van der Waals surface area (Å²) in [7, 11) is 0. The molecule has 0 saturated carbocycles. The van der Waals surface area contributed by atoms with Crippen LogP contribution in [-0.2, 0) is 12.8 Å². The molecule has 0 aromatic carbocycles. The Morgan fingerprint density at radius 3 is 2.73 bits per heavy atom. The predicted molar refractivity (Wildman–Crippen MR) is 58.7 cm³/mol. The van der Waals surface area contributed by atoms with E-state index in [2.05, 4.69) is 15.0 Å². The maximum Gasteiger partial charge on any atom is 0.147 e. The number of nitrogens with zero attached hydrogens (tertiary/aromatic N) is 3. The van der Waals surface area contributed by atoms with Crippen molar-refractivity contribution in [2.45, 2.75) is 12.8 Å². The Hall–Kier alpha value is -1.48. The third-order valence-corrected chi connectivity index (χ3v) is 2.23. The van der Waals surface area contributed by atoms with E-state index in [1.54, 1.807) is 12.4 Å². The highest BCUT2D eigenvalue weighted by atomic mass is 35.5. The molecule has 3 nitrogen and oxygen atoms in total. The van der Waals surface area contributed by atoms with Gasteiger partial charge in [0.1, 0.15) is 5.15 Å². The maximum atomic E-state index is 5.74. The van der Waals surface area contributed by atoms with Crippen molar-refractivity contribution in [2.24, 2.45) is 0 Å². The summed E-state index contributed by atoms with van der Waals surface area (Å²) in [5, 5.41) is 0.443. The standard InChI is InChI=1S/C11H10ClN3/c12-11-8-14-7-10(15-11)4-3-9-2-1-5-13-6-9/h1-2,5-8H,3-4H2. The summed E-state index contributed by atoms with van der Waals surface area (Å²) in [5.74, 6) is 0. The van der Waals surface area contributed by atoms with E-state index in [9.17, 15) is 0 Å². The number of rotatable bonds is 3. The fraction of sp³-hybridized carbons (Fsp3) is 0.182. The number of halogens is 1. The van der Waals surface area contributed by atoms with Crippen molar-refractivity contribution < 1.29 is 0 Å². The second-order valence-electron chi connectivity index (χ2n) is 3.19. The van der Waals surface area contributed by atoms with Crippen LogP contribution in [-0.4, -0.2) is 15.0 Å². The topological polar surface area (TPSA) is 38.7 Å². The van der Waals surface area contributed by atoms with E-state index in [1.165, 1.54) is 11.8 Å². The first-order chi connectivity index (χ1) is 7.34. The van der Waals surface area contributed by atoms with Gasteiger partial charge in [0, 0.05) is 18.6 Å². The molecule has 4 heteroatoms. The van der Waals surface area contributed by atoms with Crippen LogP contribution in [0.1, 0.15) is 11.3 Å². The van der Waals surface area contributed by atoms with Crippen LogP contribution in [0.2, 0.25) is 5.15 Å². The molecule has 0 aliphatic carbocycles. The molecule has 0 spiro atoms. The lowest BCUT2D eigenvalue weighted by Gasteiger charge is -2.00. The van der Waals surface area contributed by atoms with Crippen molar-refractivity contribution in [3.63, 3.8) is 0 Å². The van der Waals surface area contributed by atoms with Crippen LogP contribution in [0.15, 0.2) is 36.9 Å². The second-order valence-corrected chi connectivity index (χ2v) is 3.58. The van der Waals surface area contributed by atoms with Gasteiger partial charge >= 0.3 is 0 Å². The molecule has 0 saturated heterocycles. The van der Waals surface area contributed by atoms with E-state index in [-0.39, 0.29) is 0 Å². The number of pyridine rings is 1. The molecule has 76 valence electrons. The highest BCUT2D eigenvalue weighted by Gasteiger charge is 1.98. The molecule has 2 aromatic heterocycles. The van der Waals surface area contributed by atoms with Gasteiger partial charge < -0.3 is 0 Å². The van der Waals surface area contributed by atoms with Gasteiger partial charge in [-0.15, -0.1) is 0 Å². The second kappa shape index (κ2) is 4.84. The van der Waals surface area contributed by atoms with Gasteiger partial charge in [0.2, 0.25) is 0 Å². The van der Waals surface area contributed by atoms with E-state index >= 15 is 0 Å². The summed E-state index contributed by atoms with van der Waals surface area (Å²) >= 11 is 5.74. The maximum absolute atomic E-state index is 5.74. The molecule has 2 rings (SSSR count). The van der Waals surface area contributed by atoms with Crippen LogP contribution in [0.3, 0.4) is 0 Å². The van der Waals surface area contributed by atoms with Gasteiger partial charge in [-0.1, -0.05) is 17.7 Å².